The Hall–Kier alpha value is -1.68. The Bertz CT molecular complexity index is 442. The van der Waals surface area contributed by atoms with Crippen LogP contribution >= 0.6 is 12.2 Å². The smallest absolute Gasteiger partial charge is 0.338 e. The second kappa shape index (κ2) is 5.59. The van der Waals surface area contributed by atoms with Gasteiger partial charge in [0.25, 0.3) is 0 Å². The Kier molecular flexibility index (Phi) is 3.88. The lowest BCUT2D eigenvalue weighted by molar-refractivity contribution is 0.0474. The normalized spacial score (nSPS) is 18.6. The van der Waals surface area contributed by atoms with E-state index in [4.69, 9.17) is 17.0 Å². The van der Waals surface area contributed by atoms with Gasteiger partial charge < -0.3 is 10.1 Å². The molecule has 0 spiro atoms. The summed E-state index contributed by atoms with van der Waals surface area (Å²) >= 11 is 5.02. The third-order valence-corrected chi connectivity index (χ3v) is 2.72. The van der Waals surface area contributed by atoms with E-state index in [-0.39, 0.29) is 12.0 Å². The number of benzene rings is 1. The van der Waals surface area contributed by atoms with Crippen molar-refractivity contribution in [2.24, 2.45) is 0 Å². The molecule has 17 heavy (non-hydrogen) atoms. The van der Waals surface area contributed by atoms with Crippen LogP contribution in [0, 0.1) is 0 Å². The number of esters is 1. The van der Waals surface area contributed by atoms with Gasteiger partial charge in [-0.2, -0.15) is 0 Å². The van der Waals surface area contributed by atoms with E-state index in [0.717, 1.165) is 6.42 Å². The highest BCUT2D eigenvalue weighted by molar-refractivity contribution is 7.80. The van der Waals surface area contributed by atoms with E-state index in [1.54, 1.807) is 12.1 Å². The van der Waals surface area contributed by atoms with Crippen LogP contribution in [0.15, 0.2) is 42.5 Å². The number of thiocarbonyl (C=S) groups is 1. The molecule has 1 atom stereocenters. The summed E-state index contributed by atoms with van der Waals surface area (Å²) in [7, 11) is 0. The molecular formula is C13H13NO2S. The molecule has 1 heterocycles. The number of ether oxygens (including phenoxy) is 1. The van der Waals surface area contributed by atoms with Crippen molar-refractivity contribution in [3.63, 3.8) is 0 Å². The van der Waals surface area contributed by atoms with Gasteiger partial charge in [0.1, 0.15) is 6.61 Å². The van der Waals surface area contributed by atoms with E-state index in [1.165, 1.54) is 0 Å². The van der Waals surface area contributed by atoms with Gasteiger partial charge in [-0.25, -0.2) is 4.79 Å². The van der Waals surface area contributed by atoms with Crippen molar-refractivity contribution in [1.29, 1.82) is 0 Å². The molecule has 1 aliphatic heterocycles. The maximum atomic E-state index is 11.7. The molecule has 0 saturated heterocycles. The van der Waals surface area contributed by atoms with Crippen molar-refractivity contribution in [3.8, 4) is 0 Å². The Morgan fingerprint density at radius 2 is 2.18 bits per heavy atom. The highest BCUT2D eigenvalue weighted by Gasteiger charge is 2.14. The Labute approximate surface area is 105 Å². The van der Waals surface area contributed by atoms with Crippen molar-refractivity contribution in [2.45, 2.75) is 12.5 Å². The van der Waals surface area contributed by atoms with E-state index in [1.807, 2.05) is 30.4 Å². The average molecular weight is 247 g/mol. The first-order valence-corrected chi connectivity index (χ1v) is 5.86. The Morgan fingerprint density at radius 1 is 1.41 bits per heavy atom. The van der Waals surface area contributed by atoms with Crippen LogP contribution in [-0.2, 0) is 4.74 Å². The second-order valence-electron chi connectivity index (χ2n) is 3.81. The number of hydrogen-bond donors (Lipinski definition) is 1. The van der Waals surface area contributed by atoms with Crippen molar-refractivity contribution in [2.75, 3.05) is 6.61 Å². The van der Waals surface area contributed by atoms with E-state index in [0.29, 0.717) is 17.2 Å². The summed E-state index contributed by atoms with van der Waals surface area (Å²) in [6.45, 7) is 0.332. The maximum absolute atomic E-state index is 11.7. The minimum absolute atomic E-state index is 0.0835. The van der Waals surface area contributed by atoms with Gasteiger partial charge in [0.15, 0.2) is 0 Å². The molecule has 2 rings (SSSR count). The summed E-state index contributed by atoms with van der Waals surface area (Å²) in [6, 6.07) is 9.05. The lowest BCUT2D eigenvalue weighted by Gasteiger charge is -2.20. The highest BCUT2D eigenvalue weighted by Crippen LogP contribution is 2.05. The molecule has 0 fully saturated rings. The summed E-state index contributed by atoms with van der Waals surface area (Å²) in [6.07, 6.45) is 4.66. The standard InChI is InChI=1S/C13H13NO2S/c15-13(10-5-2-1-3-6-10)16-9-11-7-4-8-12(17)14-11/h1-6,8,11H,7,9H2,(H,14,17)/t11-/m0/s1. The van der Waals surface area contributed by atoms with Gasteiger partial charge in [-0.15, -0.1) is 0 Å². The average Bonchev–Trinajstić information content (AvgIpc) is 2.37. The quantitative estimate of drug-likeness (QED) is 0.655. The van der Waals surface area contributed by atoms with Crippen molar-refractivity contribution in [3.05, 3.63) is 48.0 Å². The summed E-state index contributed by atoms with van der Waals surface area (Å²) < 4.78 is 5.22. The largest absolute Gasteiger partial charge is 0.460 e. The lowest BCUT2D eigenvalue weighted by Crippen LogP contribution is -2.38. The number of nitrogens with one attached hydrogen (secondary N) is 1. The minimum atomic E-state index is -0.298. The van der Waals surface area contributed by atoms with Gasteiger partial charge in [0.2, 0.25) is 0 Å². The first-order valence-electron chi connectivity index (χ1n) is 5.45. The zero-order valence-electron chi connectivity index (χ0n) is 9.26. The zero-order valence-corrected chi connectivity index (χ0v) is 10.1. The molecular weight excluding hydrogens is 234 g/mol. The second-order valence-corrected chi connectivity index (χ2v) is 4.25. The first-order chi connectivity index (χ1) is 8.25. The first kappa shape index (κ1) is 11.8. The van der Waals surface area contributed by atoms with E-state index in [9.17, 15) is 4.79 Å². The molecule has 0 aliphatic carbocycles. The predicted molar refractivity (Wildman–Crippen MR) is 70.0 cm³/mol. The third-order valence-electron chi connectivity index (χ3n) is 2.46. The van der Waals surface area contributed by atoms with Gasteiger partial charge in [-0.05, 0) is 24.6 Å². The predicted octanol–water partition coefficient (Wildman–Crippen LogP) is 2.09. The van der Waals surface area contributed by atoms with Crippen LogP contribution in [0.5, 0.6) is 0 Å². The molecule has 88 valence electrons. The fourth-order valence-corrected chi connectivity index (χ4v) is 1.85. The molecule has 0 bridgehead atoms. The van der Waals surface area contributed by atoms with Gasteiger partial charge in [0.05, 0.1) is 16.6 Å². The third kappa shape index (κ3) is 3.39. The van der Waals surface area contributed by atoms with E-state index < -0.39 is 0 Å². The van der Waals surface area contributed by atoms with E-state index in [2.05, 4.69) is 5.32 Å². The fourth-order valence-electron chi connectivity index (χ4n) is 1.59. The Morgan fingerprint density at radius 3 is 2.88 bits per heavy atom. The molecule has 0 unspecified atom stereocenters. The molecule has 1 N–H and O–H groups in total. The number of carbonyl (C=O) groups is 1. The minimum Gasteiger partial charge on any atom is -0.460 e. The van der Waals surface area contributed by atoms with Crippen LogP contribution in [0.4, 0.5) is 0 Å². The Balaban J connectivity index is 1.85. The number of hydrogen-bond acceptors (Lipinski definition) is 3. The maximum Gasteiger partial charge on any atom is 0.338 e. The molecule has 0 saturated carbocycles. The van der Waals surface area contributed by atoms with Crippen molar-refractivity contribution >= 4 is 23.2 Å². The zero-order chi connectivity index (χ0) is 12.1. The van der Waals surface area contributed by atoms with E-state index >= 15 is 0 Å². The van der Waals surface area contributed by atoms with Crippen LogP contribution in [0.25, 0.3) is 0 Å². The SMILES string of the molecule is O=C(OC[C@@H]1CC=CC(=S)N1)c1ccccc1. The number of carbonyl (C=O) groups excluding carboxylic acids is 1. The molecule has 1 aromatic carbocycles. The van der Waals surface area contributed by atoms with Crippen LogP contribution in [0.2, 0.25) is 0 Å². The fraction of sp³-hybridized carbons (Fsp3) is 0.231. The summed E-state index contributed by atoms with van der Waals surface area (Å²) in [4.78, 5) is 12.4. The molecule has 4 heteroatoms. The number of rotatable bonds is 3. The van der Waals surface area contributed by atoms with Crippen LogP contribution in [0.3, 0.4) is 0 Å². The topological polar surface area (TPSA) is 38.3 Å². The van der Waals surface area contributed by atoms with Crippen LogP contribution in [0.1, 0.15) is 16.8 Å². The molecule has 3 nitrogen and oxygen atoms in total. The summed E-state index contributed by atoms with van der Waals surface area (Å²) in [5.74, 6) is -0.298. The molecule has 0 amide bonds. The highest BCUT2D eigenvalue weighted by atomic mass is 32.1. The van der Waals surface area contributed by atoms with Gasteiger partial charge >= 0.3 is 5.97 Å². The van der Waals surface area contributed by atoms with Crippen molar-refractivity contribution < 1.29 is 9.53 Å². The van der Waals surface area contributed by atoms with Gasteiger partial charge in [-0.3, -0.25) is 0 Å². The van der Waals surface area contributed by atoms with Gasteiger partial charge in [0, 0.05) is 0 Å². The molecule has 1 aliphatic rings. The summed E-state index contributed by atoms with van der Waals surface area (Å²) in [5.41, 5.74) is 0.571. The summed E-state index contributed by atoms with van der Waals surface area (Å²) in [5, 5.41) is 3.09. The molecule has 1 aromatic rings. The monoisotopic (exact) mass is 247 g/mol. The van der Waals surface area contributed by atoms with Crippen molar-refractivity contribution in [1.82, 2.24) is 5.32 Å². The van der Waals surface area contributed by atoms with Crippen LogP contribution < -0.4 is 5.32 Å². The van der Waals surface area contributed by atoms with Crippen LogP contribution in [-0.4, -0.2) is 23.6 Å². The lowest BCUT2D eigenvalue weighted by atomic mass is 10.1. The van der Waals surface area contributed by atoms with Gasteiger partial charge in [-0.1, -0.05) is 36.5 Å². The molecule has 0 radical (unpaired) electrons. The molecule has 0 aromatic heterocycles.